The quantitative estimate of drug-likeness (QED) is 0.0895. The maximum absolute atomic E-state index is 12.7. The lowest BCUT2D eigenvalue weighted by Crippen LogP contribution is -2.17. The van der Waals surface area contributed by atoms with Crippen LogP contribution in [0.25, 0.3) is 28.2 Å². The Hall–Kier alpha value is -4.77. The van der Waals surface area contributed by atoms with Crippen LogP contribution in [0.5, 0.6) is 5.75 Å². The van der Waals surface area contributed by atoms with Crippen LogP contribution in [-0.2, 0) is 0 Å². The average molecular weight is 628 g/mol. The molecule has 0 aliphatic carbocycles. The minimum absolute atomic E-state index is 0.305. The number of rotatable bonds is 7. The molecule has 0 spiro atoms. The van der Waals surface area contributed by atoms with Crippen LogP contribution in [0.2, 0.25) is 0 Å². The van der Waals surface area contributed by atoms with Crippen LogP contribution in [0.4, 0.5) is 5.69 Å². The molecular formula is C30H21IN4O4. The first-order valence-corrected chi connectivity index (χ1v) is 12.9. The molecule has 9 heteroatoms. The lowest BCUT2D eigenvalue weighted by molar-refractivity contribution is -0.386. The van der Waals surface area contributed by atoms with Gasteiger partial charge in [0.2, 0.25) is 5.75 Å². The molecule has 5 rings (SSSR count). The highest BCUT2D eigenvalue weighted by atomic mass is 127. The summed E-state index contributed by atoms with van der Waals surface area (Å²) in [6.07, 6.45) is 1.29. The number of nitro groups is 1. The molecule has 2 N–H and O–H groups in total. The molecule has 0 saturated carbocycles. The van der Waals surface area contributed by atoms with Crippen molar-refractivity contribution in [1.29, 1.82) is 0 Å². The first-order chi connectivity index (χ1) is 18.9. The van der Waals surface area contributed by atoms with Gasteiger partial charge in [-0.15, -0.1) is 0 Å². The number of phenols is 1. The summed E-state index contributed by atoms with van der Waals surface area (Å²) in [7, 11) is 0. The van der Waals surface area contributed by atoms with Crippen LogP contribution in [0.3, 0.4) is 0 Å². The van der Waals surface area contributed by atoms with E-state index in [-0.39, 0.29) is 0 Å². The highest BCUT2D eigenvalue weighted by molar-refractivity contribution is 14.1. The van der Waals surface area contributed by atoms with Crippen molar-refractivity contribution in [3.05, 3.63) is 134 Å². The fourth-order valence-corrected chi connectivity index (χ4v) is 4.83. The summed E-state index contributed by atoms with van der Waals surface area (Å²) in [6.45, 7) is 0. The number of hydrogen-bond acceptors (Lipinski definition) is 5. The lowest BCUT2D eigenvalue weighted by Gasteiger charge is -2.15. The van der Waals surface area contributed by atoms with Crippen LogP contribution in [-0.4, -0.2) is 26.7 Å². The topological polar surface area (TPSA) is 110 Å². The van der Waals surface area contributed by atoms with Gasteiger partial charge in [0.25, 0.3) is 5.91 Å². The smallest absolute Gasteiger partial charge is 0.312 e. The summed E-state index contributed by atoms with van der Waals surface area (Å²) >= 11 is 1.80. The van der Waals surface area contributed by atoms with Crippen molar-refractivity contribution >= 4 is 40.4 Å². The summed E-state index contributed by atoms with van der Waals surface area (Å²) in [5.41, 5.74) is 7.86. The zero-order valence-electron chi connectivity index (χ0n) is 20.4. The van der Waals surface area contributed by atoms with Gasteiger partial charge < -0.3 is 9.67 Å². The number of aromatic hydroxyl groups is 1. The SMILES string of the molecule is O=C(N/N=C\c1cc(I)c(O)c([N+](=O)[O-])c1)c1ccc(-n2c(-c3ccccc3)ccc2-c2ccccc2)cc1. The minimum Gasteiger partial charge on any atom is -0.501 e. The van der Waals surface area contributed by atoms with Gasteiger partial charge in [0.15, 0.2) is 0 Å². The van der Waals surface area contributed by atoms with E-state index >= 15 is 0 Å². The molecule has 1 amide bonds. The zero-order chi connectivity index (χ0) is 27.4. The van der Waals surface area contributed by atoms with Crippen molar-refractivity contribution < 1.29 is 14.8 Å². The van der Waals surface area contributed by atoms with E-state index in [1.165, 1.54) is 18.3 Å². The number of carbonyl (C=O) groups excluding carboxylic acids is 1. The lowest BCUT2D eigenvalue weighted by atomic mass is 10.1. The Morgan fingerprint density at radius 3 is 1.97 bits per heavy atom. The van der Waals surface area contributed by atoms with E-state index in [1.54, 1.807) is 34.7 Å². The number of benzene rings is 4. The first kappa shape index (κ1) is 25.9. The van der Waals surface area contributed by atoms with Crippen LogP contribution in [0.1, 0.15) is 15.9 Å². The van der Waals surface area contributed by atoms with Gasteiger partial charge in [-0.1, -0.05) is 60.7 Å². The summed E-state index contributed by atoms with van der Waals surface area (Å²) in [4.78, 5) is 23.2. The van der Waals surface area contributed by atoms with Gasteiger partial charge in [0.05, 0.1) is 26.1 Å². The third-order valence-corrected chi connectivity index (χ3v) is 6.87. The number of hydrogen-bond donors (Lipinski definition) is 2. The second-order valence-electron chi connectivity index (χ2n) is 8.54. The highest BCUT2D eigenvalue weighted by Crippen LogP contribution is 2.33. The molecule has 5 aromatic rings. The standard InChI is InChI=1S/C30H21IN4O4/c31-25-17-20(18-28(29(25)36)35(38)39)19-32-33-30(37)23-11-13-24(14-12-23)34-26(21-7-3-1-4-8-21)15-16-27(34)22-9-5-2-6-10-22/h1-19,36H,(H,33,37)/b32-19-. The fraction of sp³-hybridized carbons (Fsp3) is 0. The summed E-state index contributed by atoms with van der Waals surface area (Å²) in [6, 6.07) is 34.3. The van der Waals surface area contributed by atoms with E-state index in [9.17, 15) is 20.0 Å². The molecule has 0 fully saturated rings. The molecule has 0 aliphatic rings. The van der Waals surface area contributed by atoms with E-state index < -0.39 is 22.3 Å². The largest absolute Gasteiger partial charge is 0.501 e. The van der Waals surface area contributed by atoms with Gasteiger partial charge in [0, 0.05) is 22.9 Å². The van der Waals surface area contributed by atoms with E-state index in [0.717, 1.165) is 28.2 Å². The normalized spacial score (nSPS) is 11.0. The summed E-state index contributed by atoms with van der Waals surface area (Å²) in [5.74, 6) is -0.838. The van der Waals surface area contributed by atoms with Gasteiger partial charge in [-0.3, -0.25) is 14.9 Å². The Labute approximate surface area is 237 Å². The van der Waals surface area contributed by atoms with Crippen molar-refractivity contribution in [1.82, 2.24) is 9.99 Å². The van der Waals surface area contributed by atoms with Crippen molar-refractivity contribution in [3.63, 3.8) is 0 Å². The van der Waals surface area contributed by atoms with Crippen LogP contribution in [0, 0.1) is 13.7 Å². The monoisotopic (exact) mass is 628 g/mol. The number of carbonyl (C=O) groups is 1. The number of halogens is 1. The third-order valence-electron chi connectivity index (χ3n) is 6.05. The molecule has 0 unspecified atom stereocenters. The second kappa shape index (κ2) is 11.3. The molecule has 192 valence electrons. The predicted octanol–water partition coefficient (Wildman–Crippen LogP) is 6.79. The fourth-order valence-electron chi connectivity index (χ4n) is 4.19. The number of amides is 1. The Bertz CT molecular complexity index is 1630. The third kappa shape index (κ3) is 5.58. The first-order valence-electron chi connectivity index (χ1n) is 11.9. The number of aromatic nitrogens is 1. The van der Waals surface area contributed by atoms with Gasteiger partial charge >= 0.3 is 5.69 Å². The molecule has 0 saturated heterocycles. The Morgan fingerprint density at radius 2 is 1.44 bits per heavy atom. The van der Waals surface area contributed by atoms with Gasteiger partial charge in [-0.2, -0.15) is 5.10 Å². The maximum Gasteiger partial charge on any atom is 0.312 e. The number of nitrogens with one attached hydrogen (secondary N) is 1. The van der Waals surface area contributed by atoms with Crippen LogP contribution in [0.15, 0.2) is 114 Å². The van der Waals surface area contributed by atoms with Crippen molar-refractivity contribution in [2.24, 2.45) is 5.10 Å². The Balaban J connectivity index is 1.40. The van der Waals surface area contributed by atoms with E-state index in [0.29, 0.717) is 14.7 Å². The average Bonchev–Trinajstić information content (AvgIpc) is 3.41. The molecule has 39 heavy (non-hydrogen) atoms. The van der Waals surface area contributed by atoms with Gasteiger partial charge in [0.1, 0.15) is 0 Å². The number of nitrogens with zero attached hydrogens (tertiary/aromatic N) is 3. The van der Waals surface area contributed by atoms with Gasteiger partial charge in [-0.05, 0) is 76.2 Å². The molecule has 0 bridgehead atoms. The van der Waals surface area contributed by atoms with Crippen molar-refractivity contribution in [2.75, 3.05) is 0 Å². The summed E-state index contributed by atoms with van der Waals surface area (Å²) < 4.78 is 2.46. The van der Waals surface area contributed by atoms with E-state index in [1.807, 2.05) is 48.5 Å². The molecule has 0 aliphatic heterocycles. The molecule has 1 heterocycles. The molecule has 4 aromatic carbocycles. The zero-order valence-corrected chi connectivity index (χ0v) is 22.5. The number of hydrazone groups is 1. The van der Waals surface area contributed by atoms with E-state index in [2.05, 4.69) is 51.5 Å². The summed E-state index contributed by atoms with van der Waals surface area (Å²) in [5, 5.41) is 24.9. The number of nitro benzene ring substituents is 1. The molecular weight excluding hydrogens is 607 g/mol. The van der Waals surface area contributed by atoms with Crippen molar-refractivity contribution in [2.45, 2.75) is 0 Å². The molecule has 1 aromatic heterocycles. The van der Waals surface area contributed by atoms with Crippen LogP contribution >= 0.6 is 22.6 Å². The van der Waals surface area contributed by atoms with Crippen molar-refractivity contribution in [3.8, 4) is 34.0 Å². The van der Waals surface area contributed by atoms with Crippen LogP contribution < -0.4 is 5.43 Å². The van der Waals surface area contributed by atoms with E-state index in [4.69, 9.17) is 0 Å². The second-order valence-corrected chi connectivity index (χ2v) is 9.71. The molecule has 0 atom stereocenters. The van der Waals surface area contributed by atoms with Gasteiger partial charge in [-0.25, -0.2) is 5.43 Å². The molecule has 8 nitrogen and oxygen atoms in total. The number of phenolic OH excluding ortho intramolecular Hbond substituents is 1. The molecule has 0 radical (unpaired) electrons. The maximum atomic E-state index is 12.7. The highest BCUT2D eigenvalue weighted by Gasteiger charge is 2.17. The Kier molecular flexibility index (Phi) is 7.50. The minimum atomic E-state index is -0.674. The Morgan fingerprint density at radius 1 is 0.872 bits per heavy atom. The predicted molar refractivity (Wildman–Crippen MR) is 159 cm³/mol.